The molecule has 0 aliphatic rings. The third-order valence-corrected chi connectivity index (χ3v) is 5.01. The SMILES string of the molecule is CCC(C)CSCCC(C#N)(NC(C)C)c1ccccc1. The van der Waals surface area contributed by atoms with Crippen molar-refractivity contribution >= 4 is 11.8 Å². The van der Waals surface area contributed by atoms with Gasteiger partial charge in [0.1, 0.15) is 5.54 Å². The van der Waals surface area contributed by atoms with Crippen molar-refractivity contribution in [2.24, 2.45) is 5.92 Å². The number of hydrogen-bond donors (Lipinski definition) is 1. The lowest BCUT2D eigenvalue weighted by Crippen LogP contribution is -2.45. The molecule has 0 aromatic heterocycles. The van der Waals surface area contributed by atoms with Crippen molar-refractivity contribution in [1.82, 2.24) is 5.32 Å². The Morgan fingerprint density at radius 3 is 2.43 bits per heavy atom. The zero-order valence-corrected chi connectivity index (χ0v) is 14.5. The highest BCUT2D eigenvalue weighted by atomic mass is 32.2. The second kappa shape index (κ2) is 9.12. The van der Waals surface area contributed by atoms with Gasteiger partial charge in [-0.15, -0.1) is 0 Å². The Hall–Kier alpha value is -0.980. The highest BCUT2D eigenvalue weighted by Crippen LogP contribution is 2.27. The summed E-state index contributed by atoms with van der Waals surface area (Å²) in [6.07, 6.45) is 2.06. The molecule has 1 N–H and O–H groups in total. The van der Waals surface area contributed by atoms with E-state index >= 15 is 0 Å². The van der Waals surface area contributed by atoms with E-state index in [4.69, 9.17) is 0 Å². The summed E-state index contributed by atoms with van der Waals surface area (Å²) >= 11 is 1.96. The Morgan fingerprint density at radius 2 is 1.90 bits per heavy atom. The van der Waals surface area contributed by atoms with Gasteiger partial charge < -0.3 is 0 Å². The summed E-state index contributed by atoms with van der Waals surface area (Å²) in [7, 11) is 0. The van der Waals surface area contributed by atoms with Crippen LogP contribution in [0.15, 0.2) is 30.3 Å². The van der Waals surface area contributed by atoms with Crippen LogP contribution in [0.25, 0.3) is 0 Å². The summed E-state index contributed by atoms with van der Waals surface area (Å²) in [5, 5.41) is 13.3. The average Bonchev–Trinajstić information content (AvgIpc) is 2.50. The van der Waals surface area contributed by atoms with E-state index in [0.717, 1.165) is 23.7 Å². The van der Waals surface area contributed by atoms with E-state index in [0.29, 0.717) is 0 Å². The van der Waals surface area contributed by atoms with E-state index in [1.807, 2.05) is 30.0 Å². The minimum absolute atomic E-state index is 0.282. The van der Waals surface area contributed by atoms with Gasteiger partial charge in [0.05, 0.1) is 6.07 Å². The quantitative estimate of drug-likeness (QED) is 0.679. The van der Waals surface area contributed by atoms with Crippen LogP contribution in [0.4, 0.5) is 0 Å². The zero-order valence-electron chi connectivity index (χ0n) is 13.7. The maximum atomic E-state index is 9.81. The normalized spacial score (nSPS) is 15.4. The minimum atomic E-state index is -0.572. The van der Waals surface area contributed by atoms with Crippen molar-refractivity contribution in [3.05, 3.63) is 35.9 Å². The van der Waals surface area contributed by atoms with Crippen molar-refractivity contribution in [1.29, 1.82) is 5.26 Å². The number of hydrogen-bond acceptors (Lipinski definition) is 3. The first-order chi connectivity index (χ1) is 10.0. The van der Waals surface area contributed by atoms with Gasteiger partial charge in [0.25, 0.3) is 0 Å². The topological polar surface area (TPSA) is 35.8 Å². The molecule has 2 unspecified atom stereocenters. The third-order valence-electron chi connectivity index (χ3n) is 3.71. The molecular formula is C18H28N2S. The maximum absolute atomic E-state index is 9.81. The molecule has 0 aliphatic carbocycles. The molecule has 116 valence electrons. The summed E-state index contributed by atoms with van der Waals surface area (Å²) in [5.74, 6) is 2.93. The zero-order chi connectivity index (χ0) is 15.7. The van der Waals surface area contributed by atoms with Gasteiger partial charge in [0, 0.05) is 6.04 Å². The molecular weight excluding hydrogens is 276 g/mol. The molecule has 0 saturated carbocycles. The molecule has 2 atom stereocenters. The molecule has 0 amide bonds. The van der Waals surface area contributed by atoms with Crippen LogP contribution < -0.4 is 5.32 Å². The van der Waals surface area contributed by atoms with E-state index < -0.39 is 5.54 Å². The van der Waals surface area contributed by atoms with Crippen LogP contribution in [0, 0.1) is 17.2 Å². The molecule has 0 heterocycles. The largest absolute Gasteiger partial charge is 0.293 e. The predicted octanol–water partition coefficient (Wildman–Crippen LogP) is 4.57. The molecule has 0 spiro atoms. The number of thioether (sulfide) groups is 1. The van der Waals surface area contributed by atoms with Gasteiger partial charge in [0.15, 0.2) is 0 Å². The highest BCUT2D eigenvalue weighted by Gasteiger charge is 2.32. The Kier molecular flexibility index (Phi) is 7.85. The second-order valence-corrected chi connectivity index (χ2v) is 7.17. The molecule has 21 heavy (non-hydrogen) atoms. The Morgan fingerprint density at radius 1 is 1.24 bits per heavy atom. The van der Waals surface area contributed by atoms with Gasteiger partial charge in [-0.2, -0.15) is 17.0 Å². The Labute approximate surface area is 134 Å². The molecule has 1 aromatic rings. The summed E-state index contributed by atoms with van der Waals surface area (Å²) in [4.78, 5) is 0. The van der Waals surface area contributed by atoms with Crippen LogP contribution >= 0.6 is 11.8 Å². The number of nitriles is 1. The molecule has 0 radical (unpaired) electrons. The number of benzene rings is 1. The van der Waals surface area contributed by atoms with Gasteiger partial charge in [-0.05, 0) is 43.3 Å². The third kappa shape index (κ3) is 5.73. The highest BCUT2D eigenvalue weighted by molar-refractivity contribution is 7.99. The van der Waals surface area contributed by atoms with Crippen LogP contribution in [0.3, 0.4) is 0 Å². The summed E-state index contributed by atoms with van der Waals surface area (Å²) in [6.45, 7) is 8.71. The van der Waals surface area contributed by atoms with Crippen LogP contribution in [-0.2, 0) is 5.54 Å². The maximum Gasteiger partial charge on any atom is 0.133 e. The van der Waals surface area contributed by atoms with E-state index in [-0.39, 0.29) is 6.04 Å². The van der Waals surface area contributed by atoms with Gasteiger partial charge in [0.2, 0.25) is 0 Å². The van der Waals surface area contributed by atoms with Crippen molar-refractivity contribution in [2.45, 2.75) is 52.1 Å². The van der Waals surface area contributed by atoms with Crippen LogP contribution in [0.5, 0.6) is 0 Å². The molecule has 0 aliphatic heterocycles. The minimum Gasteiger partial charge on any atom is -0.293 e. The Balaban J connectivity index is 2.76. The molecule has 1 aromatic carbocycles. The van der Waals surface area contributed by atoms with E-state index in [2.05, 4.69) is 51.2 Å². The van der Waals surface area contributed by atoms with Crippen LogP contribution in [0.1, 0.15) is 46.1 Å². The number of rotatable bonds is 9. The summed E-state index contributed by atoms with van der Waals surface area (Å²) < 4.78 is 0. The monoisotopic (exact) mass is 304 g/mol. The van der Waals surface area contributed by atoms with E-state index in [9.17, 15) is 5.26 Å². The second-order valence-electron chi connectivity index (χ2n) is 6.02. The fraction of sp³-hybridized carbons (Fsp3) is 0.611. The van der Waals surface area contributed by atoms with E-state index in [1.54, 1.807) is 0 Å². The smallest absolute Gasteiger partial charge is 0.133 e. The van der Waals surface area contributed by atoms with E-state index in [1.165, 1.54) is 12.2 Å². The molecule has 0 saturated heterocycles. The molecule has 3 heteroatoms. The van der Waals surface area contributed by atoms with Crippen molar-refractivity contribution in [3.8, 4) is 6.07 Å². The summed E-state index contributed by atoms with van der Waals surface area (Å²) in [6, 6.07) is 12.9. The molecule has 0 fully saturated rings. The van der Waals surface area contributed by atoms with Gasteiger partial charge in [-0.25, -0.2) is 0 Å². The average molecular weight is 305 g/mol. The van der Waals surface area contributed by atoms with Crippen LogP contribution in [0.2, 0.25) is 0 Å². The van der Waals surface area contributed by atoms with Gasteiger partial charge >= 0.3 is 0 Å². The summed E-state index contributed by atoms with van der Waals surface area (Å²) in [5.41, 5.74) is 0.503. The Bertz CT molecular complexity index is 438. The fourth-order valence-corrected chi connectivity index (χ4v) is 3.55. The fourth-order valence-electron chi connectivity index (χ4n) is 2.30. The van der Waals surface area contributed by atoms with Crippen molar-refractivity contribution in [3.63, 3.8) is 0 Å². The first kappa shape index (κ1) is 18.1. The first-order valence-corrected chi connectivity index (χ1v) is 9.01. The number of nitrogens with one attached hydrogen (secondary N) is 1. The molecule has 1 rings (SSSR count). The lowest BCUT2D eigenvalue weighted by molar-refractivity contribution is 0.378. The van der Waals surface area contributed by atoms with Gasteiger partial charge in [-0.3, -0.25) is 5.32 Å². The predicted molar refractivity (Wildman–Crippen MR) is 93.4 cm³/mol. The first-order valence-electron chi connectivity index (χ1n) is 7.86. The molecule has 2 nitrogen and oxygen atoms in total. The lowest BCUT2D eigenvalue weighted by Gasteiger charge is -2.31. The van der Waals surface area contributed by atoms with Crippen LogP contribution in [-0.4, -0.2) is 17.5 Å². The lowest BCUT2D eigenvalue weighted by atomic mass is 9.88. The van der Waals surface area contributed by atoms with Crippen molar-refractivity contribution < 1.29 is 0 Å². The van der Waals surface area contributed by atoms with Crippen molar-refractivity contribution in [2.75, 3.05) is 11.5 Å². The van der Waals surface area contributed by atoms with Gasteiger partial charge in [-0.1, -0.05) is 50.6 Å². The number of nitrogens with zero attached hydrogens (tertiary/aromatic N) is 1. The standard InChI is InChI=1S/C18H28N2S/c1-5-16(4)13-21-12-11-18(14-19,20-15(2)3)17-9-7-6-8-10-17/h6-10,15-16,20H,5,11-13H2,1-4H3. The molecule has 0 bridgehead atoms.